The van der Waals surface area contributed by atoms with Gasteiger partial charge in [-0.15, -0.1) is 0 Å². The monoisotopic (exact) mass is 261 g/mol. The third-order valence-electron chi connectivity index (χ3n) is 2.49. The molecule has 2 aromatic rings. The van der Waals surface area contributed by atoms with Gasteiger partial charge >= 0.3 is 0 Å². The van der Waals surface area contributed by atoms with E-state index >= 15 is 0 Å². The summed E-state index contributed by atoms with van der Waals surface area (Å²) in [6.07, 6.45) is 2.06. The lowest BCUT2D eigenvalue weighted by atomic mass is 10.2. The Labute approximate surface area is 110 Å². The van der Waals surface area contributed by atoms with E-state index in [1.54, 1.807) is 26.1 Å². The summed E-state index contributed by atoms with van der Waals surface area (Å²) < 4.78 is 4.84. The van der Waals surface area contributed by atoms with Gasteiger partial charge in [0.15, 0.2) is 5.82 Å². The fraction of sp³-hybridized carbons (Fsp3) is 0.333. The topological polar surface area (TPSA) is 92.9 Å². The Morgan fingerprint density at radius 3 is 2.84 bits per heavy atom. The van der Waals surface area contributed by atoms with Crippen LogP contribution in [0.3, 0.4) is 0 Å². The average Bonchev–Trinajstić information content (AvgIpc) is 2.84. The molecule has 0 fully saturated rings. The SMILES string of the molecule is CNc1ccc(C(=O)NCCc2noc(C)n2)cn1. The van der Waals surface area contributed by atoms with Crippen LogP contribution in [0.2, 0.25) is 0 Å². The first-order valence-electron chi connectivity index (χ1n) is 5.90. The van der Waals surface area contributed by atoms with Crippen molar-refractivity contribution in [3.8, 4) is 0 Å². The van der Waals surface area contributed by atoms with Crippen LogP contribution in [-0.2, 0) is 6.42 Å². The van der Waals surface area contributed by atoms with Gasteiger partial charge in [0.05, 0.1) is 5.56 Å². The molecule has 0 aromatic carbocycles. The number of rotatable bonds is 5. The highest BCUT2D eigenvalue weighted by molar-refractivity contribution is 5.94. The molecule has 2 N–H and O–H groups in total. The second-order valence-corrected chi connectivity index (χ2v) is 3.92. The summed E-state index contributed by atoms with van der Waals surface area (Å²) in [6.45, 7) is 2.18. The first-order valence-corrected chi connectivity index (χ1v) is 5.90. The number of aryl methyl sites for hydroxylation is 1. The number of hydrogen-bond donors (Lipinski definition) is 2. The van der Waals surface area contributed by atoms with Gasteiger partial charge in [0, 0.05) is 33.1 Å². The number of hydrogen-bond acceptors (Lipinski definition) is 6. The Hall–Kier alpha value is -2.44. The first-order chi connectivity index (χ1) is 9.19. The number of amides is 1. The van der Waals surface area contributed by atoms with E-state index in [9.17, 15) is 4.79 Å². The third kappa shape index (κ3) is 3.51. The number of aromatic nitrogens is 3. The van der Waals surface area contributed by atoms with Crippen molar-refractivity contribution in [1.29, 1.82) is 0 Å². The minimum Gasteiger partial charge on any atom is -0.373 e. The van der Waals surface area contributed by atoms with E-state index in [2.05, 4.69) is 25.8 Å². The van der Waals surface area contributed by atoms with Crippen LogP contribution in [0, 0.1) is 6.92 Å². The summed E-state index contributed by atoms with van der Waals surface area (Å²) >= 11 is 0. The van der Waals surface area contributed by atoms with E-state index in [0.29, 0.717) is 30.2 Å². The van der Waals surface area contributed by atoms with Gasteiger partial charge in [-0.05, 0) is 12.1 Å². The van der Waals surface area contributed by atoms with Crippen molar-refractivity contribution in [2.24, 2.45) is 0 Å². The summed E-state index contributed by atoms with van der Waals surface area (Å²) in [5, 5.41) is 9.41. The van der Waals surface area contributed by atoms with Crippen molar-refractivity contribution in [3.05, 3.63) is 35.6 Å². The molecule has 2 aromatic heterocycles. The minimum absolute atomic E-state index is 0.171. The van der Waals surface area contributed by atoms with Crippen molar-refractivity contribution in [1.82, 2.24) is 20.4 Å². The molecule has 7 heteroatoms. The molecule has 0 aliphatic rings. The standard InChI is InChI=1S/C12H15N5O2/c1-8-16-11(17-19-8)5-6-14-12(18)9-3-4-10(13-2)15-7-9/h3-4,7H,5-6H2,1-2H3,(H,13,15)(H,14,18). The highest BCUT2D eigenvalue weighted by atomic mass is 16.5. The molecule has 0 unspecified atom stereocenters. The Balaban J connectivity index is 1.83. The van der Waals surface area contributed by atoms with Crippen LogP contribution in [0.15, 0.2) is 22.9 Å². The molecule has 19 heavy (non-hydrogen) atoms. The molecule has 0 aliphatic carbocycles. The van der Waals surface area contributed by atoms with Crippen LogP contribution in [0.25, 0.3) is 0 Å². The maximum absolute atomic E-state index is 11.8. The lowest BCUT2D eigenvalue weighted by Gasteiger charge is -2.04. The van der Waals surface area contributed by atoms with Crippen molar-refractivity contribution < 1.29 is 9.32 Å². The summed E-state index contributed by atoms with van der Waals surface area (Å²) in [5.41, 5.74) is 0.517. The molecule has 2 rings (SSSR count). The number of nitrogens with zero attached hydrogens (tertiary/aromatic N) is 3. The van der Waals surface area contributed by atoms with Crippen LogP contribution < -0.4 is 10.6 Å². The Morgan fingerprint density at radius 2 is 2.26 bits per heavy atom. The molecular weight excluding hydrogens is 246 g/mol. The summed E-state index contributed by atoms with van der Waals surface area (Å²) in [6, 6.07) is 3.46. The van der Waals surface area contributed by atoms with E-state index in [0.717, 1.165) is 5.82 Å². The predicted molar refractivity (Wildman–Crippen MR) is 68.9 cm³/mol. The minimum atomic E-state index is -0.171. The van der Waals surface area contributed by atoms with Crippen molar-refractivity contribution in [2.75, 3.05) is 18.9 Å². The van der Waals surface area contributed by atoms with Gasteiger partial charge in [0.1, 0.15) is 5.82 Å². The second kappa shape index (κ2) is 5.94. The molecule has 0 saturated carbocycles. The van der Waals surface area contributed by atoms with Crippen molar-refractivity contribution in [3.63, 3.8) is 0 Å². The number of carbonyl (C=O) groups is 1. The molecule has 0 radical (unpaired) electrons. The first kappa shape index (κ1) is 13.0. The van der Waals surface area contributed by atoms with Crippen LogP contribution in [0.5, 0.6) is 0 Å². The lowest BCUT2D eigenvalue weighted by Crippen LogP contribution is -2.26. The fourth-order valence-corrected chi connectivity index (χ4v) is 1.51. The van der Waals surface area contributed by atoms with E-state index in [4.69, 9.17) is 4.52 Å². The molecule has 1 amide bonds. The quantitative estimate of drug-likeness (QED) is 0.826. The third-order valence-corrected chi connectivity index (χ3v) is 2.49. The Kier molecular flexibility index (Phi) is 4.07. The van der Waals surface area contributed by atoms with Gasteiger partial charge < -0.3 is 15.2 Å². The van der Waals surface area contributed by atoms with Crippen LogP contribution in [-0.4, -0.2) is 34.6 Å². The lowest BCUT2D eigenvalue weighted by molar-refractivity contribution is 0.0953. The van der Waals surface area contributed by atoms with Gasteiger partial charge in [-0.25, -0.2) is 4.98 Å². The largest absolute Gasteiger partial charge is 0.373 e. The molecule has 7 nitrogen and oxygen atoms in total. The number of carbonyl (C=O) groups excluding carboxylic acids is 1. The predicted octanol–water partition coefficient (Wildman–Crippen LogP) is 0.787. The van der Waals surface area contributed by atoms with Crippen LogP contribution in [0.1, 0.15) is 22.1 Å². The Bertz CT molecular complexity index is 550. The van der Waals surface area contributed by atoms with E-state index in [1.165, 1.54) is 6.20 Å². The molecule has 100 valence electrons. The zero-order valence-electron chi connectivity index (χ0n) is 10.8. The van der Waals surface area contributed by atoms with Gasteiger partial charge in [0.25, 0.3) is 5.91 Å². The fourth-order valence-electron chi connectivity index (χ4n) is 1.51. The average molecular weight is 261 g/mol. The molecule has 2 heterocycles. The Morgan fingerprint density at radius 1 is 1.42 bits per heavy atom. The maximum Gasteiger partial charge on any atom is 0.252 e. The zero-order chi connectivity index (χ0) is 13.7. The zero-order valence-corrected chi connectivity index (χ0v) is 10.8. The second-order valence-electron chi connectivity index (χ2n) is 3.92. The van der Waals surface area contributed by atoms with Gasteiger partial charge in [-0.1, -0.05) is 5.16 Å². The smallest absolute Gasteiger partial charge is 0.252 e. The van der Waals surface area contributed by atoms with Crippen molar-refractivity contribution in [2.45, 2.75) is 13.3 Å². The molecule has 0 atom stereocenters. The molecule has 0 aliphatic heterocycles. The van der Waals surface area contributed by atoms with E-state index in [-0.39, 0.29) is 5.91 Å². The summed E-state index contributed by atoms with van der Waals surface area (Å²) in [5.74, 6) is 1.66. The van der Waals surface area contributed by atoms with E-state index < -0.39 is 0 Å². The summed E-state index contributed by atoms with van der Waals surface area (Å²) in [4.78, 5) is 19.9. The molecule has 0 spiro atoms. The summed E-state index contributed by atoms with van der Waals surface area (Å²) in [7, 11) is 1.77. The van der Waals surface area contributed by atoms with Crippen LogP contribution in [0.4, 0.5) is 5.82 Å². The molecular formula is C12H15N5O2. The molecule has 0 saturated heterocycles. The number of nitrogens with one attached hydrogen (secondary N) is 2. The highest BCUT2D eigenvalue weighted by Gasteiger charge is 2.07. The van der Waals surface area contributed by atoms with Gasteiger partial charge in [0.2, 0.25) is 5.89 Å². The van der Waals surface area contributed by atoms with Crippen molar-refractivity contribution >= 4 is 11.7 Å². The van der Waals surface area contributed by atoms with Gasteiger partial charge in [-0.2, -0.15) is 4.98 Å². The van der Waals surface area contributed by atoms with Crippen LogP contribution >= 0.6 is 0 Å². The van der Waals surface area contributed by atoms with E-state index in [1.807, 2.05) is 0 Å². The molecule has 0 bridgehead atoms. The number of pyridine rings is 1. The normalized spacial score (nSPS) is 10.2. The maximum atomic E-state index is 11.8. The number of anilines is 1. The van der Waals surface area contributed by atoms with Gasteiger partial charge in [-0.3, -0.25) is 4.79 Å². The highest BCUT2D eigenvalue weighted by Crippen LogP contribution is 2.03.